The molecule has 0 bridgehead atoms. The van der Waals surface area contributed by atoms with Gasteiger partial charge >= 0.3 is 0 Å². The van der Waals surface area contributed by atoms with Crippen LogP contribution in [0.3, 0.4) is 0 Å². The third-order valence-electron chi connectivity index (χ3n) is 4.70. The highest BCUT2D eigenvalue weighted by atomic mass is 16.1. The summed E-state index contributed by atoms with van der Waals surface area (Å²) in [6.07, 6.45) is 9.32. The number of aryl methyl sites for hydroxylation is 1. The second-order valence-electron chi connectivity index (χ2n) is 6.11. The Balaban J connectivity index is 1.72. The molecule has 2 N–H and O–H groups in total. The predicted octanol–water partition coefficient (Wildman–Crippen LogP) is 4.04. The Labute approximate surface area is 126 Å². The summed E-state index contributed by atoms with van der Waals surface area (Å²) in [6, 6.07) is 6.18. The van der Waals surface area contributed by atoms with Crippen molar-refractivity contribution in [3.8, 4) is 0 Å². The van der Waals surface area contributed by atoms with Gasteiger partial charge in [-0.25, -0.2) is 0 Å². The number of para-hydroxylation sites is 1. The van der Waals surface area contributed by atoms with Gasteiger partial charge in [-0.2, -0.15) is 0 Å². The molecule has 1 aliphatic carbocycles. The summed E-state index contributed by atoms with van der Waals surface area (Å²) in [6.45, 7) is 2.96. The number of amides is 1. The lowest BCUT2D eigenvalue weighted by Crippen LogP contribution is -2.30. The maximum atomic E-state index is 12.4. The highest BCUT2D eigenvalue weighted by Crippen LogP contribution is 2.24. The topological polar surface area (TPSA) is 44.9 Å². The van der Waals surface area contributed by atoms with Crippen LogP contribution < -0.4 is 5.32 Å². The van der Waals surface area contributed by atoms with E-state index in [-0.39, 0.29) is 5.91 Å². The molecule has 1 amide bonds. The second kappa shape index (κ2) is 6.33. The van der Waals surface area contributed by atoms with Gasteiger partial charge in [-0.1, -0.05) is 44.4 Å². The molecule has 1 saturated carbocycles. The van der Waals surface area contributed by atoms with Crippen molar-refractivity contribution < 1.29 is 4.79 Å². The number of aromatic nitrogens is 1. The van der Waals surface area contributed by atoms with Gasteiger partial charge in [0.1, 0.15) is 0 Å². The van der Waals surface area contributed by atoms with Gasteiger partial charge in [0.15, 0.2) is 0 Å². The van der Waals surface area contributed by atoms with Crippen molar-refractivity contribution in [2.24, 2.45) is 5.92 Å². The van der Waals surface area contributed by atoms with Crippen molar-refractivity contribution in [2.75, 3.05) is 6.54 Å². The molecule has 1 fully saturated rings. The van der Waals surface area contributed by atoms with Gasteiger partial charge in [0.25, 0.3) is 5.91 Å². The Morgan fingerprint density at radius 3 is 2.86 bits per heavy atom. The third kappa shape index (κ3) is 2.97. The number of fused-ring (bicyclic) bond motifs is 1. The molecule has 1 aromatic heterocycles. The first-order chi connectivity index (χ1) is 10.3. The number of H-pyrrole nitrogens is 1. The lowest BCUT2D eigenvalue weighted by molar-refractivity contribution is 0.0945. The Bertz CT molecular complexity index is 623. The quantitative estimate of drug-likeness (QED) is 0.874. The van der Waals surface area contributed by atoms with Crippen LogP contribution in [0.4, 0.5) is 0 Å². The number of hydrogen-bond donors (Lipinski definition) is 2. The third-order valence-corrected chi connectivity index (χ3v) is 4.70. The number of rotatable bonds is 4. The standard InChI is InChI=1S/C18H24N2O/c1-2-14-9-6-10-15-16(12-19-17(14)15)18(21)20-11-13-7-4-3-5-8-13/h6,9-10,12-13,19H,2-5,7-8,11H2,1H3,(H,20,21). The van der Waals surface area contributed by atoms with Crippen LogP contribution in [0, 0.1) is 5.92 Å². The van der Waals surface area contributed by atoms with Crippen molar-refractivity contribution in [1.29, 1.82) is 0 Å². The van der Waals surface area contributed by atoms with Crippen molar-refractivity contribution >= 4 is 16.8 Å². The fraction of sp³-hybridized carbons (Fsp3) is 0.500. The van der Waals surface area contributed by atoms with Crippen molar-refractivity contribution in [3.63, 3.8) is 0 Å². The van der Waals surface area contributed by atoms with E-state index in [0.29, 0.717) is 5.92 Å². The van der Waals surface area contributed by atoms with Crippen molar-refractivity contribution in [2.45, 2.75) is 45.4 Å². The second-order valence-corrected chi connectivity index (χ2v) is 6.11. The summed E-state index contributed by atoms with van der Waals surface area (Å²) >= 11 is 0. The van der Waals surface area contributed by atoms with Crippen LogP contribution in [-0.4, -0.2) is 17.4 Å². The summed E-state index contributed by atoms with van der Waals surface area (Å²) in [5, 5.41) is 4.16. The van der Waals surface area contributed by atoms with E-state index in [2.05, 4.69) is 23.3 Å². The Kier molecular flexibility index (Phi) is 4.28. The number of carbonyl (C=O) groups is 1. The van der Waals surface area contributed by atoms with E-state index in [4.69, 9.17) is 0 Å². The highest BCUT2D eigenvalue weighted by Gasteiger charge is 2.17. The molecule has 3 heteroatoms. The van der Waals surface area contributed by atoms with Gasteiger partial charge in [-0.3, -0.25) is 4.79 Å². The molecule has 112 valence electrons. The minimum atomic E-state index is 0.0556. The van der Waals surface area contributed by atoms with Crippen molar-refractivity contribution in [3.05, 3.63) is 35.5 Å². The SMILES string of the molecule is CCc1cccc2c(C(=O)NCC3CCCCC3)c[nH]c12. The summed E-state index contributed by atoms with van der Waals surface area (Å²) in [7, 11) is 0. The number of nitrogens with one attached hydrogen (secondary N) is 2. The fourth-order valence-corrected chi connectivity index (χ4v) is 3.42. The van der Waals surface area contributed by atoms with Gasteiger partial charge in [0.05, 0.1) is 5.56 Å². The minimum Gasteiger partial charge on any atom is -0.360 e. The molecule has 3 nitrogen and oxygen atoms in total. The molecular formula is C18H24N2O. The monoisotopic (exact) mass is 284 g/mol. The Hall–Kier alpha value is -1.77. The average molecular weight is 284 g/mol. The molecule has 0 saturated heterocycles. The maximum absolute atomic E-state index is 12.4. The lowest BCUT2D eigenvalue weighted by atomic mass is 9.89. The molecule has 0 spiro atoms. The minimum absolute atomic E-state index is 0.0556. The molecule has 21 heavy (non-hydrogen) atoms. The zero-order valence-corrected chi connectivity index (χ0v) is 12.7. The fourth-order valence-electron chi connectivity index (χ4n) is 3.42. The predicted molar refractivity (Wildman–Crippen MR) is 86.6 cm³/mol. The summed E-state index contributed by atoms with van der Waals surface area (Å²) in [4.78, 5) is 15.7. The molecule has 0 aliphatic heterocycles. The molecule has 0 unspecified atom stereocenters. The first-order valence-corrected chi connectivity index (χ1v) is 8.16. The number of aromatic amines is 1. The van der Waals surface area contributed by atoms with Crippen LogP contribution in [-0.2, 0) is 6.42 Å². The first kappa shape index (κ1) is 14.2. The summed E-state index contributed by atoms with van der Waals surface area (Å²) in [5.41, 5.74) is 3.14. The van der Waals surface area contributed by atoms with E-state index in [1.54, 1.807) is 0 Å². The van der Waals surface area contributed by atoms with E-state index in [0.717, 1.165) is 29.4 Å². The molecule has 3 rings (SSSR count). The van der Waals surface area contributed by atoms with Gasteiger partial charge in [-0.15, -0.1) is 0 Å². The van der Waals surface area contributed by atoms with E-state index in [1.807, 2.05) is 18.3 Å². The molecular weight excluding hydrogens is 260 g/mol. The molecule has 0 atom stereocenters. The normalized spacial score (nSPS) is 16.2. The van der Waals surface area contributed by atoms with Gasteiger partial charge in [0, 0.05) is 23.6 Å². The first-order valence-electron chi connectivity index (χ1n) is 8.16. The Morgan fingerprint density at radius 1 is 1.29 bits per heavy atom. The molecule has 1 aromatic carbocycles. The number of hydrogen-bond acceptors (Lipinski definition) is 1. The van der Waals surface area contributed by atoms with Crippen LogP contribution in [0.15, 0.2) is 24.4 Å². The average Bonchev–Trinajstić information content (AvgIpc) is 2.97. The molecule has 0 radical (unpaired) electrons. The summed E-state index contributed by atoms with van der Waals surface area (Å²) in [5.74, 6) is 0.721. The smallest absolute Gasteiger partial charge is 0.253 e. The van der Waals surface area contributed by atoms with Gasteiger partial charge in [0.2, 0.25) is 0 Å². The van der Waals surface area contributed by atoms with E-state index < -0.39 is 0 Å². The largest absolute Gasteiger partial charge is 0.360 e. The van der Waals surface area contributed by atoms with Gasteiger partial charge < -0.3 is 10.3 Å². The van der Waals surface area contributed by atoms with Crippen LogP contribution in [0.5, 0.6) is 0 Å². The van der Waals surface area contributed by atoms with Crippen LogP contribution in [0.25, 0.3) is 10.9 Å². The molecule has 1 heterocycles. The van der Waals surface area contributed by atoms with E-state index in [1.165, 1.54) is 37.7 Å². The zero-order chi connectivity index (χ0) is 14.7. The Morgan fingerprint density at radius 2 is 2.10 bits per heavy atom. The maximum Gasteiger partial charge on any atom is 0.253 e. The van der Waals surface area contributed by atoms with Gasteiger partial charge in [-0.05, 0) is 30.7 Å². The van der Waals surface area contributed by atoms with Crippen LogP contribution >= 0.6 is 0 Å². The molecule has 2 aromatic rings. The van der Waals surface area contributed by atoms with Crippen molar-refractivity contribution in [1.82, 2.24) is 10.3 Å². The van der Waals surface area contributed by atoms with E-state index >= 15 is 0 Å². The highest BCUT2D eigenvalue weighted by molar-refractivity contribution is 6.07. The number of benzene rings is 1. The number of carbonyl (C=O) groups excluding carboxylic acids is 1. The summed E-state index contributed by atoms with van der Waals surface area (Å²) < 4.78 is 0. The lowest BCUT2D eigenvalue weighted by Gasteiger charge is -2.21. The zero-order valence-electron chi connectivity index (χ0n) is 12.7. The van der Waals surface area contributed by atoms with Crippen LogP contribution in [0.1, 0.15) is 54.9 Å². The van der Waals surface area contributed by atoms with Crippen LogP contribution in [0.2, 0.25) is 0 Å². The molecule has 1 aliphatic rings. The van der Waals surface area contributed by atoms with E-state index in [9.17, 15) is 4.79 Å².